The second-order valence-corrected chi connectivity index (χ2v) is 15.0. The predicted octanol–water partition coefficient (Wildman–Crippen LogP) is 13.7. The van der Waals surface area contributed by atoms with Crippen molar-refractivity contribution in [2.75, 3.05) is 13.2 Å². The fourth-order valence-electron chi connectivity index (χ4n) is 6.50. The fraction of sp³-hybridized carbons (Fsp3) is 0.932. The van der Waals surface area contributed by atoms with E-state index in [4.69, 9.17) is 14.2 Å². The number of rotatable bonds is 40. The molecule has 1 atom stereocenters. The summed E-state index contributed by atoms with van der Waals surface area (Å²) in [5.74, 6) is -0.870. The molecule has 0 saturated heterocycles. The SMILES string of the molecule is CCCCCCCCCCCCCCCCCCCC(=O)OC[C@@H](COC(=O)CCCCCCC)OC(=O)CCCCCCCCCCCC. The molecule has 6 heteroatoms. The summed E-state index contributed by atoms with van der Waals surface area (Å²) in [7, 11) is 0. The van der Waals surface area contributed by atoms with Crippen LogP contribution in [0, 0.1) is 0 Å². The molecule has 6 nitrogen and oxygen atoms in total. The number of carbonyl (C=O) groups is 3. The van der Waals surface area contributed by atoms with E-state index in [9.17, 15) is 14.4 Å². The molecular weight excluding hydrogens is 624 g/mol. The Balaban J connectivity index is 4.13. The topological polar surface area (TPSA) is 78.9 Å². The molecule has 0 radical (unpaired) electrons. The van der Waals surface area contributed by atoms with Crippen LogP contribution in [0.3, 0.4) is 0 Å². The highest BCUT2D eigenvalue weighted by Gasteiger charge is 2.19. The summed E-state index contributed by atoms with van der Waals surface area (Å²) in [5.41, 5.74) is 0. The van der Waals surface area contributed by atoms with Gasteiger partial charge >= 0.3 is 17.9 Å². The van der Waals surface area contributed by atoms with Crippen LogP contribution in [0.15, 0.2) is 0 Å². The maximum atomic E-state index is 12.6. The average Bonchev–Trinajstić information content (AvgIpc) is 3.11. The molecule has 50 heavy (non-hydrogen) atoms. The highest BCUT2D eigenvalue weighted by molar-refractivity contribution is 5.71. The second kappa shape index (κ2) is 40.2. The van der Waals surface area contributed by atoms with Crippen LogP contribution in [0.1, 0.15) is 245 Å². The first-order valence-electron chi connectivity index (χ1n) is 22.0. The van der Waals surface area contributed by atoms with E-state index in [1.165, 1.54) is 141 Å². The Hall–Kier alpha value is -1.59. The molecule has 0 rings (SSSR count). The summed E-state index contributed by atoms with van der Waals surface area (Å²) < 4.78 is 16.6. The predicted molar refractivity (Wildman–Crippen MR) is 210 cm³/mol. The molecule has 0 fully saturated rings. The number of ether oxygens (including phenoxy) is 3. The van der Waals surface area contributed by atoms with Crippen molar-refractivity contribution in [2.24, 2.45) is 0 Å². The number of hydrogen-bond acceptors (Lipinski definition) is 6. The van der Waals surface area contributed by atoms with Gasteiger partial charge in [0.05, 0.1) is 0 Å². The summed E-state index contributed by atoms with van der Waals surface area (Å²) in [6.45, 7) is 6.56. The van der Waals surface area contributed by atoms with Gasteiger partial charge < -0.3 is 14.2 Å². The first kappa shape index (κ1) is 48.4. The minimum atomic E-state index is -0.755. The van der Waals surface area contributed by atoms with Gasteiger partial charge in [0.1, 0.15) is 13.2 Å². The van der Waals surface area contributed by atoms with E-state index in [1.54, 1.807) is 0 Å². The van der Waals surface area contributed by atoms with E-state index in [1.807, 2.05) is 0 Å². The molecule has 0 bridgehead atoms. The smallest absolute Gasteiger partial charge is 0.306 e. The Morgan fingerprint density at radius 1 is 0.320 bits per heavy atom. The van der Waals surface area contributed by atoms with Crippen LogP contribution in [0.2, 0.25) is 0 Å². The van der Waals surface area contributed by atoms with E-state index in [-0.39, 0.29) is 31.1 Å². The van der Waals surface area contributed by atoms with Crippen LogP contribution in [-0.2, 0) is 28.6 Å². The van der Waals surface area contributed by atoms with Gasteiger partial charge in [-0.15, -0.1) is 0 Å². The van der Waals surface area contributed by atoms with E-state index in [0.29, 0.717) is 19.3 Å². The van der Waals surface area contributed by atoms with Gasteiger partial charge in [0, 0.05) is 19.3 Å². The molecule has 0 aliphatic carbocycles. The van der Waals surface area contributed by atoms with Crippen molar-refractivity contribution in [2.45, 2.75) is 252 Å². The van der Waals surface area contributed by atoms with Crippen molar-refractivity contribution < 1.29 is 28.6 Å². The van der Waals surface area contributed by atoms with E-state index in [2.05, 4.69) is 20.8 Å². The maximum Gasteiger partial charge on any atom is 0.306 e. The molecule has 0 N–H and O–H groups in total. The Bertz CT molecular complexity index is 738. The first-order valence-corrected chi connectivity index (χ1v) is 22.0. The molecule has 0 unspecified atom stereocenters. The molecule has 0 amide bonds. The number of carbonyl (C=O) groups excluding carboxylic acids is 3. The van der Waals surface area contributed by atoms with Crippen LogP contribution in [0.25, 0.3) is 0 Å². The first-order chi connectivity index (χ1) is 24.5. The Morgan fingerprint density at radius 2 is 0.540 bits per heavy atom. The highest BCUT2D eigenvalue weighted by Crippen LogP contribution is 2.16. The minimum Gasteiger partial charge on any atom is -0.462 e. The molecular formula is C44H84O6. The monoisotopic (exact) mass is 709 g/mol. The Morgan fingerprint density at radius 3 is 0.800 bits per heavy atom. The van der Waals surface area contributed by atoms with Crippen molar-refractivity contribution >= 4 is 17.9 Å². The van der Waals surface area contributed by atoms with Gasteiger partial charge in [0.2, 0.25) is 0 Å². The van der Waals surface area contributed by atoms with Crippen molar-refractivity contribution in [3.8, 4) is 0 Å². The third-order valence-electron chi connectivity index (χ3n) is 9.86. The van der Waals surface area contributed by atoms with Crippen LogP contribution in [0.5, 0.6) is 0 Å². The Labute approximate surface area is 310 Å². The van der Waals surface area contributed by atoms with Gasteiger partial charge in [0.25, 0.3) is 0 Å². The number of esters is 3. The van der Waals surface area contributed by atoms with Gasteiger partial charge in [-0.3, -0.25) is 14.4 Å². The second-order valence-electron chi connectivity index (χ2n) is 15.0. The summed E-state index contributed by atoms with van der Waals surface area (Å²) >= 11 is 0. The molecule has 0 heterocycles. The van der Waals surface area contributed by atoms with Crippen molar-refractivity contribution in [1.29, 1.82) is 0 Å². The molecule has 296 valence electrons. The standard InChI is InChI=1S/C44H84O6/c1-4-7-10-13-15-17-19-20-21-22-23-24-25-27-28-31-34-37-43(46)49-40-41(39-48-42(45)36-33-30-12-9-6-3)50-44(47)38-35-32-29-26-18-16-14-11-8-5-2/h41H,4-40H2,1-3H3/t41-/m1/s1. The van der Waals surface area contributed by atoms with Crippen molar-refractivity contribution in [3.63, 3.8) is 0 Å². The zero-order valence-electron chi connectivity index (χ0n) is 33.7. The minimum absolute atomic E-state index is 0.0641. The quantitative estimate of drug-likeness (QED) is 0.0358. The summed E-state index contributed by atoms with van der Waals surface area (Å²) in [6.07, 6.45) is 39.7. The average molecular weight is 709 g/mol. The van der Waals surface area contributed by atoms with Crippen LogP contribution >= 0.6 is 0 Å². The zero-order chi connectivity index (χ0) is 36.6. The molecule has 0 spiro atoms. The van der Waals surface area contributed by atoms with Gasteiger partial charge in [-0.1, -0.05) is 207 Å². The molecule has 0 aromatic rings. The molecule has 0 aromatic carbocycles. The molecule has 0 aliphatic heterocycles. The van der Waals surface area contributed by atoms with Crippen molar-refractivity contribution in [3.05, 3.63) is 0 Å². The van der Waals surface area contributed by atoms with Crippen LogP contribution in [0.4, 0.5) is 0 Å². The van der Waals surface area contributed by atoms with Crippen LogP contribution < -0.4 is 0 Å². The van der Waals surface area contributed by atoms with Gasteiger partial charge in [-0.05, 0) is 19.3 Å². The summed E-state index contributed by atoms with van der Waals surface area (Å²) in [5, 5.41) is 0. The third kappa shape index (κ3) is 37.7. The zero-order valence-corrected chi connectivity index (χ0v) is 33.7. The lowest BCUT2D eigenvalue weighted by Gasteiger charge is -2.18. The third-order valence-corrected chi connectivity index (χ3v) is 9.86. The van der Waals surface area contributed by atoms with Gasteiger partial charge in [-0.2, -0.15) is 0 Å². The van der Waals surface area contributed by atoms with E-state index < -0.39 is 6.10 Å². The van der Waals surface area contributed by atoms with Crippen molar-refractivity contribution in [1.82, 2.24) is 0 Å². The highest BCUT2D eigenvalue weighted by atomic mass is 16.6. The molecule has 0 aromatic heterocycles. The normalized spacial score (nSPS) is 11.8. The molecule has 0 saturated carbocycles. The maximum absolute atomic E-state index is 12.6. The summed E-state index contributed by atoms with van der Waals surface area (Å²) in [4.78, 5) is 37.3. The lowest BCUT2D eigenvalue weighted by Crippen LogP contribution is -2.30. The molecule has 0 aliphatic rings. The largest absolute Gasteiger partial charge is 0.462 e. The van der Waals surface area contributed by atoms with Crippen LogP contribution in [-0.4, -0.2) is 37.2 Å². The van der Waals surface area contributed by atoms with E-state index in [0.717, 1.165) is 64.2 Å². The lowest BCUT2D eigenvalue weighted by molar-refractivity contribution is -0.167. The Kier molecular flexibility index (Phi) is 38.9. The summed E-state index contributed by atoms with van der Waals surface area (Å²) in [6, 6.07) is 0. The van der Waals surface area contributed by atoms with Gasteiger partial charge in [0.15, 0.2) is 6.10 Å². The van der Waals surface area contributed by atoms with Gasteiger partial charge in [-0.25, -0.2) is 0 Å². The number of unbranched alkanes of at least 4 members (excludes halogenated alkanes) is 29. The lowest BCUT2D eigenvalue weighted by atomic mass is 10.0. The fourth-order valence-corrected chi connectivity index (χ4v) is 6.50. The number of hydrogen-bond donors (Lipinski definition) is 0. The van der Waals surface area contributed by atoms with E-state index >= 15 is 0 Å².